The Balaban J connectivity index is 2.43. The molecule has 1 aliphatic rings. The van der Waals surface area contributed by atoms with Crippen molar-refractivity contribution in [3.05, 3.63) is 34.2 Å². The van der Waals surface area contributed by atoms with Gasteiger partial charge in [-0.3, -0.25) is 0 Å². The highest BCUT2D eigenvalue weighted by molar-refractivity contribution is 9.11. The predicted molar refractivity (Wildman–Crippen MR) is 81.6 cm³/mol. The Morgan fingerprint density at radius 3 is 2.82 bits per heavy atom. The first-order valence-electron chi connectivity index (χ1n) is 6.05. The highest BCUT2D eigenvalue weighted by atomic mass is 79.9. The van der Waals surface area contributed by atoms with Crippen LogP contribution >= 0.6 is 27.7 Å². The number of allylic oxidation sites excluding steroid dienone is 4. The fourth-order valence-corrected chi connectivity index (χ4v) is 3.37. The smallest absolute Gasteiger partial charge is 0.0772 e. The molecule has 0 aromatic rings. The van der Waals surface area contributed by atoms with E-state index in [4.69, 9.17) is 4.74 Å². The van der Waals surface area contributed by atoms with Crippen molar-refractivity contribution in [1.29, 1.82) is 0 Å². The van der Waals surface area contributed by atoms with Crippen molar-refractivity contribution in [2.24, 2.45) is 5.92 Å². The van der Waals surface area contributed by atoms with Crippen LogP contribution in [0.3, 0.4) is 0 Å². The minimum Gasteiger partial charge on any atom is -0.379 e. The van der Waals surface area contributed by atoms with Crippen LogP contribution in [0.2, 0.25) is 0 Å². The molecule has 0 aliphatic heterocycles. The van der Waals surface area contributed by atoms with E-state index in [1.807, 2.05) is 17.8 Å². The SMILES string of the molecule is C=CC/C=C(Br)\C=C(/COC)SCC1CCC1. The molecular weight excluding hydrogens is 296 g/mol. The van der Waals surface area contributed by atoms with Crippen LogP contribution in [0, 0.1) is 5.92 Å². The zero-order chi connectivity index (χ0) is 12.5. The second-order valence-electron chi connectivity index (χ2n) is 4.26. The highest BCUT2D eigenvalue weighted by Crippen LogP contribution is 2.32. The number of rotatable bonds is 8. The van der Waals surface area contributed by atoms with Gasteiger partial charge in [-0.05, 0) is 31.3 Å². The molecule has 1 aliphatic carbocycles. The summed E-state index contributed by atoms with van der Waals surface area (Å²) in [6.45, 7) is 4.41. The Morgan fingerprint density at radius 2 is 2.29 bits per heavy atom. The molecule has 0 atom stereocenters. The molecule has 1 nitrogen and oxygen atoms in total. The van der Waals surface area contributed by atoms with E-state index >= 15 is 0 Å². The number of ether oxygens (including phenoxy) is 1. The first-order chi connectivity index (χ1) is 8.26. The van der Waals surface area contributed by atoms with Crippen molar-refractivity contribution in [3.63, 3.8) is 0 Å². The molecule has 3 heteroatoms. The molecule has 0 aromatic heterocycles. The van der Waals surface area contributed by atoms with Gasteiger partial charge in [0.15, 0.2) is 0 Å². The molecule has 0 N–H and O–H groups in total. The normalized spacial score (nSPS) is 18.0. The van der Waals surface area contributed by atoms with Crippen molar-refractivity contribution in [3.8, 4) is 0 Å². The Bertz CT molecular complexity index is 293. The van der Waals surface area contributed by atoms with Crippen molar-refractivity contribution in [2.45, 2.75) is 25.7 Å². The average molecular weight is 317 g/mol. The summed E-state index contributed by atoms with van der Waals surface area (Å²) in [5, 5.41) is 0. The largest absolute Gasteiger partial charge is 0.379 e. The zero-order valence-electron chi connectivity index (χ0n) is 10.5. The lowest BCUT2D eigenvalue weighted by Gasteiger charge is -2.25. The second kappa shape index (κ2) is 9.01. The fourth-order valence-electron chi connectivity index (χ4n) is 1.56. The third-order valence-electron chi connectivity index (χ3n) is 2.79. The van der Waals surface area contributed by atoms with Crippen LogP contribution < -0.4 is 0 Å². The molecule has 0 saturated heterocycles. The standard InChI is InChI=1S/C14H21BrOS/c1-3-4-8-13(15)9-14(10-16-2)17-11-12-6-5-7-12/h3,8-9,12H,1,4-7,10-11H2,2H3/b13-8+,14-9+. The van der Waals surface area contributed by atoms with Crippen LogP contribution in [0.1, 0.15) is 25.7 Å². The predicted octanol–water partition coefficient (Wildman–Crippen LogP) is 4.90. The van der Waals surface area contributed by atoms with Crippen LogP contribution in [-0.2, 0) is 4.74 Å². The van der Waals surface area contributed by atoms with E-state index in [1.54, 1.807) is 7.11 Å². The molecule has 0 amide bonds. The topological polar surface area (TPSA) is 9.23 Å². The van der Waals surface area contributed by atoms with E-state index in [9.17, 15) is 0 Å². The lowest BCUT2D eigenvalue weighted by Crippen LogP contribution is -2.13. The number of hydrogen-bond donors (Lipinski definition) is 0. The van der Waals surface area contributed by atoms with Crippen LogP contribution in [0.5, 0.6) is 0 Å². The van der Waals surface area contributed by atoms with Crippen molar-refractivity contribution in [1.82, 2.24) is 0 Å². The molecular formula is C14H21BrOS. The number of halogens is 1. The third-order valence-corrected chi connectivity index (χ3v) is 4.59. The third kappa shape index (κ3) is 6.49. The van der Waals surface area contributed by atoms with Gasteiger partial charge in [0.25, 0.3) is 0 Å². The Morgan fingerprint density at radius 1 is 1.53 bits per heavy atom. The highest BCUT2D eigenvalue weighted by Gasteiger charge is 2.17. The molecule has 0 radical (unpaired) electrons. The zero-order valence-corrected chi connectivity index (χ0v) is 12.9. The first-order valence-corrected chi connectivity index (χ1v) is 7.83. The Hall–Kier alpha value is 0.01000. The van der Waals surface area contributed by atoms with Gasteiger partial charge in [0, 0.05) is 22.3 Å². The lowest BCUT2D eigenvalue weighted by molar-refractivity contribution is 0.231. The summed E-state index contributed by atoms with van der Waals surface area (Å²) >= 11 is 5.49. The minimum absolute atomic E-state index is 0.703. The van der Waals surface area contributed by atoms with Crippen LogP contribution in [0.15, 0.2) is 34.2 Å². The summed E-state index contributed by atoms with van der Waals surface area (Å²) in [5.41, 5.74) is 0. The van der Waals surface area contributed by atoms with Gasteiger partial charge in [-0.1, -0.05) is 34.5 Å². The van der Waals surface area contributed by atoms with E-state index in [0.717, 1.165) is 16.8 Å². The maximum atomic E-state index is 5.24. The summed E-state index contributed by atoms with van der Waals surface area (Å²) in [7, 11) is 1.75. The van der Waals surface area contributed by atoms with Crippen molar-refractivity contribution >= 4 is 27.7 Å². The van der Waals surface area contributed by atoms with Crippen molar-refractivity contribution in [2.75, 3.05) is 19.5 Å². The van der Waals surface area contributed by atoms with Crippen LogP contribution in [0.25, 0.3) is 0 Å². The Labute approximate surface area is 118 Å². The first kappa shape index (κ1) is 15.1. The van der Waals surface area contributed by atoms with Gasteiger partial charge in [-0.15, -0.1) is 18.3 Å². The van der Waals surface area contributed by atoms with Gasteiger partial charge in [0.1, 0.15) is 0 Å². The minimum atomic E-state index is 0.703. The van der Waals surface area contributed by atoms with E-state index in [-0.39, 0.29) is 0 Å². The maximum Gasteiger partial charge on any atom is 0.0772 e. The van der Waals surface area contributed by atoms with E-state index in [0.29, 0.717) is 6.61 Å². The van der Waals surface area contributed by atoms with E-state index in [1.165, 1.54) is 29.9 Å². The van der Waals surface area contributed by atoms with Crippen LogP contribution in [-0.4, -0.2) is 19.5 Å². The summed E-state index contributed by atoms with van der Waals surface area (Å²) < 4.78 is 6.35. The summed E-state index contributed by atoms with van der Waals surface area (Å²) in [4.78, 5) is 1.30. The second-order valence-corrected chi connectivity index (χ2v) is 6.33. The molecule has 17 heavy (non-hydrogen) atoms. The Kier molecular flexibility index (Phi) is 7.99. The molecule has 1 saturated carbocycles. The van der Waals surface area contributed by atoms with Gasteiger partial charge in [0.2, 0.25) is 0 Å². The number of methoxy groups -OCH3 is 1. The van der Waals surface area contributed by atoms with Crippen LogP contribution in [0.4, 0.5) is 0 Å². The van der Waals surface area contributed by atoms with Gasteiger partial charge in [-0.2, -0.15) is 0 Å². The lowest BCUT2D eigenvalue weighted by atomic mass is 9.87. The van der Waals surface area contributed by atoms with E-state index < -0.39 is 0 Å². The molecule has 0 heterocycles. The van der Waals surface area contributed by atoms with Gasteiger partial charge >= 0.3 is 0 Å². The number of hydrogen-bond acceptors (Lipinski definition) is 2. The molecule has 96 valence electrons. The molecule has 0 aromatic carbocycles. The summed E-state index contributed by atoms with van der Waals surface area (Å²) in [6.07, 6.45) is 11.3. The van der Waals surface area contributed by atoms with Gasteiger partial charge < -0.3 is 4.74 Å². The quantitative estimate of drug-likeness (QED) is 0.465. The van der Waals surface area contributed by atoms with E-state index in [2.05, 4.69) is 34.7 Å². The average Bonchev–Trinajstić information content (AvgIpc) is 2.24. The van der Waals surface area contributed by atoms with Gasteiger partial charge in [-0.25, -0.2) is 0 Å². The summed E-state index contributed by atoms with van der Waals surface area (Å²) in [6, 6.07) is 0. The molecule has 0 spiro atoms. The molecule has 1 rings (SSSR count). The molecule has 1 fully saturated rings. The monoisotopic (exact) mass is 316 g/mol. The van der Waals surface area contributed by atoms with Crippen molar-refractivity contribution < 1.29 is 4.74 Å². The maximum absolute atomic E-state index is 5.24. The van der Waals surface area contributed by atoms with Gasteiger partial charge in [0.05, 0.1) is 6.61 Å². The molecule has 0 unspecified atom stereocenters. The molecule has 0 bridgehead atoms. The number of thioether (sulfide) groups is 1. The summed E-state index contributed by atoms with van der Waals surface area (Å²) in [5.74, 6) is 2.16. The fraction of sp³-hybridized carbons (Fsp3) is 0.571.